The van der Waals surface area contributed by atoms with Crippen LogP contribution in [0.1, 0.15) is 35.6 Å². The number of nitrogen functional groups attached to an aromatic ring is 1. The van der Waals surface area contributed by atoms with E-state index in [1.54, 1.807) is 32.0 Å². The van der Waals surface area contributed by atoms with Gasteiger partial charge < -0.3 is 21.1 Å². The predicted octanol–water partition coefficient (Wildman–Crippen LogP) is 3.14. The molecule has 172 valence electrons. The van der Waals surface area contributed by atoms with Crippen LogP contribution in [0.25, 0.3) is 0 Å². The number of benzene rings is 2. The fourth-order valence-electron chi connectivity index (χ4n) is 2.95. The highest BCUT2D eigenvalue weighted by Crippen LogP contribution is 2.15. The third-order valence-corrected chi connectivity index (χ3v) is 4.63. The van der Waals surface area contributed by atoms with Crippen molar-refractivity contribution in [2.75, 3.05) is 11.1 Å². The number of carbonyl (C=O) groups is 2. The van der Waals surface area contributed by atoms with Crippen LogP contribution in [0.4, 0.5) is 22.0 Å². The van der Waals surface area contributed by atoms with Crippen LogP contribution in [0.15, 0.2) is 48.5 Å². The van der Waals surface area contributed by atoms with Gasteiger partial charge in [0.25, 0.3) is 5.91 Å². The number of nitrogens with one attached hydrogen (secondary N) is 2. The fourth-order valence-corrected chi connectivity index (χ4v) is 2.95. The van der Waals surface area contributed by atoms with Crippen LogP contribution in [0.3, 0.4) is 0 Å². The molecule has 0 saturated heterocycles. The van der Waals surface area contributed by atoms with Crippen LogP contribution < -0.4 is 16.4 Å². The normalized spacial score (nSPS) is 11.7. The van der Waals surface area contributed by atoms with Gasteiger partial charge in [0.15, 0.2) is 12.4 Å². The molecule has 3 rings (SSSR count). The zero-order valence-corrected chi connectivity index (χ0v) is 18.5. The van der Waals surface area contributed by atoms with E-state index in [2.05, 4.69) is 25.6 Å². The van der Waals surface area contributed by atoms with Gasteiger partial charge >= 0.3 is 5.97 Å². The number of hydrogen-bond donors (Lipinski definition) is 3. The number of nitrogens with zero attached hydrogens (tertiary/aromatic N) is 3. The van der Waals surface area contributed by atoms with Gasteiger partial charge in [0, 0.05) is 11.3 Å². The second-order valence-corrected chi connectivity index (χ2v) is 7.74. The van der Waals surface area contributed by atoms with Gasteiger partial charge in [0.2, 0.25) is 11.9 Å². The molecule has 0 spiro atoms. The second kappa shape index (κ2) is 10.5. The van der Waals surface area contributed by atoms with Gasteiger partial charge in [0.1, 0.15) is 11.9 Å². The lowest BCUT2D eigenvalue weighted by Gasteiger charge is -2.21. The van der Waals surface area contributed by atoms with Crippen LogP contribution in [0.5, 0.6) is 0 Å². The van der Waals surface area contributed by atoms with Crippen molar-refractivity contribution in [3.8, 4) is 0 Å². The molecule has 10 heteroatoms. The molecular formula is C23H25FN6O3. The van der Waals surface area contributed by atoms with E-state index in [1.807, 2.05) is 13.0 Å². The van der Waals surface area contributed by atoms with Crippen molar-refractivity contribution in [1.82, 2.24) is 20.3 Å². The maximum atomic E-state index is 13.1. The lowest BCUT2D eigenvalue weighted by Crippen LogP contribution is -2.45. The largest absolute Gasteiger partial charge is 0.456 e. The number of amides is 1. The van der Waals surface area contributed by atoms with E-state index in [0.29, 0.717) is 11.3 Å². The summed E-state index contributed by atoms with van der Waals surface area (Å²) in [5.74, 6) is -1.43. The van der Waals surface area contributed by atoms with E-state index in [4.69, 9.17) is 10.5 Å². The van der Waals surface area contributed by atoms with Crippen molar-refractivity contribution in [1.29, 1.82) is 0 Å². The molecule has 0 aliphatic carbocycles. The quantitative estimate of drug-likeness (QED) is 0.444. The molecule has 9 nitrogen and oxygen atoms in total. The number of esters is 1. The number of aromatic nitrogens is 3. The van der Waals surface area contributed by atoms with Crippen molar-refractivity contribution >= 4 is 29.5 Å². The Morgan fingerprint density at radius 3 is 2.48 bits per heavy atom. The number of anilines is 3. The highest BCUT2D eigenvalue weighted by Gasteiger charge is 2.26. The summed E-state index contributed by atoms with van der Waals surface area (Å²) in [5.41, 5.74) is 7.67. The summed E-state index contributed by atoms with van der Waals surface area (Å²) in [6, 6.07) is 11.8. The molecule has 0 aliphatic rings. The van der Waals surface area contributed by atoms with Crippen molar-refractivity contribution in [3.63, 3.8) is 0 Å². The smallest absolute Gasteiger partial charge is 0.329 e. The average Bonchev–Trinajstić information content (AvgIpc) is 2.76. The average molecular weight is 452 g/mol. The van der Waals surface area contributed by atoms with Crippen molar-refractivity contribution in [2.24, 2.45) is 5.92 Å². The van der Waals surface area contributed by atoms with Crippen LogP contribution in [0.2, 0.25) is 0 Å². The maximum Gasteiger partial charge on any atom is 0.329 e. The minimum Gasteiger partial charge on any atom is -0.456 e. The molecule has 1 atom stereocenters. The van der Waals surface area contributed by atoms with Crippen LogP contribution >= 0.6 is 0 Å². The summed E-state index contributed by atoms with van der Waals surface area (Å²) in [4.78, 5) is 37.4. The third kappa shape index (κ3) is 6.70. The molecule has 1 heterocycles. The summed E-state index contributed by atoms with van der Waals surface area (Å²) in [7, 11) is 0. The van der Waals surface area contributed by atoms with E-state index in [-0.39, 0.29) is 42.0 Å². The third-order valence-electron chi connectivity index (χ3n) is 4.63. The Hall–Kier alpha value is -4.08. The molecule has 1 amide bonds. The minimum absolute atomic E-state index is 0.0752. The minimum atomic E-state index is -0.867. The van der Waals surface area contributed by atoms with E-state index in [1.165, 1.54) is 24.3 Å². The van der Waals surface area contributed by atoms with Gasteiger partial charge in [-0.3, -0.25) is 4.79 Å². The van der Waals surface area contributed by atoms with Crippen LogP contribution in [0, 0.1) is 18.7 Å². The summed E-state index contributed by atoms with van der Waals surface area (Å²) < 4.78 is 18.4. The highest BCUT2D eigenvalue weighted by molar-refractivity contribution is 5.97. The fraction of sp³-hybridized carbons (Fsp3) is 0.261. The van der Waals surface area contributed by atoms with Gasteiger partial charge in [-0.15, -0.1) is 0 Å². The zero-order valence-electron chi connectivity index (χ0n) is 18.5. The molecule has 4 N–H and O–H groups in total. The van der Waals surface area contributed by atoms with E-state index >= 15 is 0 Å². The van der Waals surface area contributed by atoms with Crippen molar-refractivity contribution < 1.29 is 18.7 Å². The zero-order chi connectivity index (χ0) is 24.0. The van der Waals surface area contributed by atoms with Crippen LogP contribution in [-0.2, 0) is 16.1 Å². The second-order valence-electron chi connectivity index (χ2n) is 7.74. The Morgan fingerprint density at radius 1 is 1.09 bits per heavy atom. The van der Waals surface area contributed by atoms with Crippen molar-refractivity contribution in [3.05, 3.63) is 71.3 Å². The molecule has 0 unspecified atom stereocenters. The number of aryl methyl sites for hydroxylation is 1. The molecule has 1 aromatic heterocycles. The van der Waals surface area contributed by atoms with Crippen molar-refractivity contribution in [2.45, 2.75) is 33.4 Å². The SMILES string of the molecule is Cc1cccc(C(=O)N[C@H](C(=O)OCc2nc(N)nc(Nc3ccc(F)cc3)n2)C(C)C)c1. The monoisotopic (exact) mass is 452 g/mol. The number of nitrogens with two attached hydrogens (primary N) is 1. The molecule has 2 aromatic carbocycles. The lowest BCUT2D eigenvalue weighted by molar-refractivity contribution is -0.148. The summed E-state index contributed by atoms with van der Waals surface area (Å²) in [6.45, 7) is 5.21. The summed E-state index contributed by atoms with van der Waals surface area (Å²) in [5, 5.41) is 5.61. The molecule has 3 aromatic rings. The number of rotatable bonds is 8. The molecule has 33 heavy (non-hydrogen) atoms. The number of hydrogen-bond acceptors (Lipinski definition) is 8. The first kappa shape index (κ1) is 23.6. The Labute approximate surface area is 190 Å². The number of ether oxygens (including phenoxy) is 1. The molecule has 0 fully saturated rings. The molecule has 0 aliphatic heterocycles. The first-order valence-corrected chi connectivity index (χ1v) is 10.3. The molecule has 0 radical (unpaired) electrons. The van der Waals surface area contributed by atoms with Crippen LogP contribution in [-0.4, -0.2) is 32.9 Å². The van der Waals surface area contributed by atoms with Gasteiger partial charge in [-0.25, -0.2) is 9.18 Å². The Bertz CT molecular complexity index is 1140. The summed E-state index contributed by atoms with van der Waals surface area (Å²) >= 11 is 0. The Balaban J connectivity index is 1.65. The lowest BCUT2D eigenvalue weighted by atomic mass is 10.0. The molecular weight excluding hydrogens is 427 g/mol. The van der Waals surface area contributed by atoms with Gasteiger partial charge in [-0.05, 0) is 49.2 Å². The van der Waals surface area contributed by atoms with Gasteiger partial charge in [0.05, 0.1) is 0 Å². The predicted molar refractivity (Wildman–Crippen MR) is 121 cm³/mol. The Kier molecular flexibility index (Phi) is 7.50. The first-order valence-electron chi connectivity index (χ1n) is 10.3. The topological polar surface area (TPSA) is 132 Å². The first-order chi connectivity index (χ1) is 15.7. The van der Waals surface area contributed by atoms with Gasteiger partial charge in [-0.2, -0.15) is 15.0 Å². The van der Waals surface area contributed by atoms with E-state index < -0.39 is 12.0 Å². The standard InChI is InChI=1S/C23H25FN6O3/c1-13(2)19(29-20(31)15-6-4-5-14(3)11-15)21(32)33-12-18-27-22(25)30-23(28-18)26-17-9-7-16(24)8-10-17/h4-11,13,19H,12H2,1-3H3,(H,29,31)(H3,25,26,27,28,30)/t19-/m0/s1. The molecule has 0 saturated carbocycles. The highest BCUT2D eigenvalue weighted by atomic mass is 19.1. The Morgan fingerprint density at radius 2 is 1.82 bits per heavy atom. The molecule has 0 bridgehead atoms. The van der Waals surface area contributed by atoms with Gasteiger partial charge in [-0.1, -0.05) is 31.5 Å². The maximum absolute atomic E-state index is 13.1. The van der Waals surface area contributed by atoms with E-state index in [9.17, 15) is 14.0 Å². The summed E-state index contributed by atoms with van der Waals surface area (Å²) in [6.07, 6.45) is 0. The van der Waals surface area contributed by atoms with E-state index in [0.717, 1.165) is 5.56 Å². The number of halogens is 1. The number of carbonyl (C=O) groups excluding carboxylic acids is 2.